The van der Waals surface area contributed by atoms with Crippen molar-refractivity contribution in [2.24, 2.45) is 5.73 Å². The number of nitrogens with zero attached hydrogens (tertiary/aromatic N) is 3. The minimum absolute atomic E-state index is 0.125. The van der Waals surface area contributed by atoms with Crippen LogP contribution in [0.4, 0.5) is 17.3 Å². The van der Waals surface area contributed by atoms with E-state index in [2.05, 4.69) is 20.2 Å². The van der Waals surface area contributed by atoms with Crippen LogP contribution in [0.25, 0.3) is 0 Å². The van der Waals surface area contributed by atoms with Gasteiger partial charge < -0.3 is 20.7 Å². The summed E-state index contributed by atoms with van der Waals surface area (Å²) in [6.45, 7) is 3.86. The first-order chi connectivity index (χ1) is 12.1. The molecule has 2 heterocycles. The Morgan fingerprint density at radius 1 is 1.28 bits per heavy atom. The van der Waals surface area contributed by atoms with Crippen LogP contribution in [0.2, 0.25) is 0 Å². The average molecular weight is 341 g/mol. The van der Waals surface area contributed by atoms with Crippen LogP contribution in [0.15, 0.2) is 24.4 Å². The molecule has 0 saturated carbocycles. The summed E-state index contributed by atoms with van der Waals surface area (Å²) < 4.78 is 5.34. The zero-order chi connectivity index (χ0) is 17.8. The minimum atomic E-state index is -0.612. The highest BCUT2D eigenvalue weighted by molar-refractivity contribution is 5.96. The van der Waals surface area contributed by atoms with Gasteiger partial charge in [-0.2, -0.15) is 0 Å². The normalized spacial score (nSPS) is 14.2. The van der Waals surface area contributed by atoms with E-state index in [0.29, 0.717) is 5.82 Å². The fraction of sp³-hybridized carbons (Fsp3) is 0.389. The van der Waals surface area contributed by atoms with Crippen molar-refractivity contribution in [3.63, 3.8) is 0 Å². The first kappa shape index (κ1) is 17.0. The number of amides is 1. The predicted octanol–water partition coefficient (Wildman–Crippen LogP) is 2.63. The van der Waals surface area contributed by atoms with Gasteiger partial charge in [-0.15, -0.1) is 0 Å². The molecule has 0 radical (unpaired) electrons. The van der Waals surface area contributed by atoms with Gasteiger partial charge in [0, 0.05) is 24.8 Å². The highest BCUT2D eigenvalue weighted by Gasteiger charge is 2.18. The maximum absolute atomic E-state index is 11.7. The second-order valence-corrected chi connectivity index (χ2v) is 6.15. The monoisotopic (exact) mass is 341 g/mol. The Balaban J connectivity index is 1.93. The number of benzene rings is 1. The van der Waals surface area contributed by atoms with Crippen LogP contribution >= 0.6 is 0 Å². The third kappa shape index (κ3) is 3.81. The van der Waals surface area contributed by atoms with Gasteiger partial charge in [-0.05, 0) is 37.8 Å². The zero-order valence-electron chi connectivity index (χ0n) is 14.6. The summed E-state index contributed by atoms with van der Waals surface area (Å²) in [4.78, 5) is 22.7. The number of aryl methyl sites for hydroxylation is 1. The van der Waals surface area contributed by atoms with Gasteiger partial charge in [0.25, 0.3) is 5.91 Å². The number of hydrogen-bond acceptors (Lipinski definition) is 6. The largest absolute Gasteiger partial charge is 0.496 e. The molecule has 1 aliphatic rings. The Morgan fingerprint density at radius 3 is 2.72 bits per heavy atom. The van der Waals surface area contributed by atoms with Crippen LogP contribution < -0.4 is 20.7 Å². The van der Waals surface area contributed by atoms with E-state index in [-0.39, 0.29) is 5.69 Å². The molecule has 7 heteroatoms. The van der Waals surface area contributed by atoms with Crippen molar-refractivity contribution in [2.75, 3.05) is 30.4 Å². The molecule has 0 aliphatic carbocycles. The Hall–Kier alpha value is -2.83. The Bertz CT molecular complexity index is 772. The molecule has 0 bridgehead atoms. The molecule has 25 heavy (non-hydrogen) atoms. The number of carbonyl (C=O) groups is 1. The van der Waals surface area contributed by atoms with Crippen molar-refractivity contribution < 1.29 is 9.53 Å². The van der Waals surface area contributed by atoms with Crippen LogP contribution in [-0.2, 0) is 0 Å². The predicted molar refractivity (Wildman–Crippen MR) is 97.6 cm³/mol. The minimum Gasteiger partial charge on any atom is -0.496 e. The molecule has 2 aromatic rings. The fourth-order valence-electron chi connectivity index (χ4n) is 2.96. The summed E-state index contributed by atoms with van der Waals surface area (Å²) in [5.41, 5.74) is 7.37. The number of carbonyl (C=O) groups excluding carboxylic acids is 1. The maximum Gasteiger partial charge on any atom is 0.271 e. The van der Waals surface area contributed by atoms with Gasteiger partial charge in [-0.1, -0.05) is 6.07 Å². The molecular weight excluding hydrogens is 318 g/mol. The quantitative estimate of drug-likeness (QED) is 0.868. The van der Waals surface area contributed by atoms with Crippen molar-refractivity contribution in [3.8, 4) is 5.75 Å². The van der Waals surface area contributed by atoms with Crippen LogP contribution in [0.1, 0.15) is 35.3 Å². The molecule has 0 spiro atoms. The third-order valence-corrected chi connectivity index (χ3v) is 4.34. The molecule has 7 nitrogen and oxygen atoms in total. The maximum atomic E-state index is 11.7. The third-order valence-electron chi connectivity index (χ3n) is 4.34. The molecule has 1 aromatic heterocycles. The van der Waals surface area contributed by atoms with Crippen molar-refractivity contribution in [1.29, 1.82) is 0 Å². The van der Waals surface area contributed by atoms with E-state index in [1.54, 1.807) is 13.3 Å². The molecule has 1 fully saturated rings. The highest BCUT2D eigenvalue weighted by atomic mass is 16.5. The fourth-order valence-corrected chi connectivity index (χ4v) is 2.96. The molecule has 1 amide bonds. The zero-order valence-corrected chi connectivity index (χ0v) is 14.6. The van der Waals surface area contributed by atoms with Gasteiger partial charge in [0.1, 0.15) is 11.6 Å². The van der Waals surface area contributed by atoms with Crippen molar-refractivity contribution >= 4 is 23.2 Å². The SMILES string of the molecule is COc1cc(Nc2nc(N3CCCCC3)cnc2C(N)=O)ccc1C. The van der Waals surface area contributed by atoms with Crippen molar-refractivity contribution in [3.05, 3.63) is 35.7 Å². The summed E-state index contributed by atoms with van der Waals surface area (Å²) in [5, 5.41) is 3.15. The van der Waals surface area contributed by atoms with Gasteiger partial charge >= 0.3 is 0 Å². The second-order valence-electron chi connectivity index (χ2n) is 6.15. The van der Waals surface area contributed by atoms with Crippen LogP contribution in [-0.4, -0.2) is 36.1 Å². The number of rotatable bonds is 5. The molecule has 1 aromatic carbocycles. The van der Waals surface area contributed by atoms with Crippen LogP contribution in [0.3, 0.4) is 0 Å². The lowest BCUT2D eigenvalue weighted by atomic mass is 10.1. The molecular formula is C18H23N5O2. The van der Waals surface area contributed by atoms with Gasteiger partial charge in [0.05, 0.1) is 13.3 Å². The van der Waals surface area contributed by atoms with Gasteiger partial charge in [-0.25, -0.2) is 9.97 Å². The number of aromatic nitrogens is 2. The number of ether oxygens (including phenoxy) is 1. The average Bonchev–Trinajstić information content (AvgIpc) is 2.63. The van der Waals surface area contributed by atoms with E-state index in [4.69, 9.17) is 10.5 Å². The van der Waals surface area contributed by atoms with E-state index in [0.717, 1.165) is 48.7 Å². The summed E-state index contributed by atoms with van der Waals surface area (Å²) in [7, 11) is 1.62. The summed E-state index contributed by atoms with van der Waals surface area (Å²) in [6.07, 6.45) is 5.12. The van der Waals surface area contributed by atoms with E-state index in [9.17, 15) is 4.79 Å². The number of methoxy groups -OCH3 is 1. The van der Waals surface area contributed by atoms with E-state index >= 15 is 0 Å². The highest BCUT2D eigenvalue weighted by Crippen LogP contribution is 2.27. The smallest absolute Gasteiger partial charge is 0.271 e. The van der Waals surface area contributed by atoms with Gasteiger partial charge in [-0.3, -0.25) is 4.79 Å². The standard InChI is InChI=1S/C18H23N5O2/c1-12-6-7-13(10-14(12)25-2)21-18-16(17(19)24)20-11-15(22-18)23-8-4-3-5-9-23/h6-7,10-11H,3-5,8-9H2,1-2H3,(H2,19,24)(H,21,22). The Kier molecular flexibility index (Phi) is 5.02. The topological polar surface area (TPSA) is 93.4 Å². The van der Waals surface area contributed by atoms with E-state index < -0.39 is 5.91 Å². The molecule has 3 rings (SSSR count). The lowest BCUT2D eigenvalue weighted by Gasteiger charge is -2.27. The number of anilines is 3. The molecule has 0 unspecified atom stereocenters. The van der Waals surface area contributed by atoms with Crippen molar-refractivity contribution in [1.82, 2.24) is 9.97 Å². The number of nitrogens with two attached hydrogens (primary N) is 1. The van der Waals surface area contributed by atoms with E-state index in [1.807, 2.05) is 25.1 Å². The lowest BCUT2D eigenvalue weighted by Crippen LogP contribution is -2.31. The summed E-state index contributed by atoms with van der Waals surface area (Å²) >= 11 is 0. The number of nitrogens with one attached hydrogen (secondary N) is 1. The number of hydrogen-bond donors (Lipinski definition) is 2. The van der Waals surface area contributed by atoms with Gasteiger partial charge in [0.15, 0.2) is 11.5 Å². The molecule has 132 valence electrons. The van der Waals surface area contributed by atoms with Gasteiger partial charge in [0.2, 0.25) is 0 Å². The number of primary amides is 1. The molecule has 3 N–H and O–H groups in total. The number of piperidine rings is 1. The van der Waals surface area contributed by atoms with Crippen LogP contribution in [0.5, 0.6) is 5.75 Å². The Morgan fingerprint density at radius 2 is 2.04 bits per heavy atom. The molecule has 0 atom stereocenters. The summed E-state index contributed by atoms with van der Waals surface area (Å²) in [5.74, 6) is 1.26. The van der Waals surface area contributed by atoms with Crippen LogP contribution in [0, 0.1) is 6.92 Å². The Labute approximate surface area is 147 Å². The van der Waals surface area contributed by atoms with Crippen molar-refractivity contribution in [2.45, 2.75) is 26.2 Å². The first-order valence-electron chi connectivity index (χ1n) is 8.42. The first-order valence-corrected chi connectivity index (χ1v) is 8.42. The summed E-state index contributed by atoms with van der Waals surface area (Å²) in [6, 6.07) is 5.69. The molecule has 1 saturated heterocycles. The molecule has 1 aliphatic heterocycles. The lowest BCUT2D eigenvalue weighted by molar-refractivity contribution is 0.0996. The van der Waals surface area contributed by atoms with E-state index in [1.165, 1.54) is 6.42 Å². The second kappa shape index (κ2) is 7.38.